The van der Waals surface area contributed by atoms with Gasteiger partial charge in [-0.25, -0.2) is 0 Å². The number of benzene rings is 2. The molecule has 194 valence electrons. The number of ether oxygens (including phenoxy) is 3. The Bertz CT molecular complexity index is 1140. The zero-order valence-electron chi connectivity index (χ0n) is 21.9. The van der Waals surface area contributed by atoms with Crippen molar-refractivity contribution in [2.75, 3.05) is 25.5 Å². The SMILES string of the molecule is COC(=O)Cc1ccc2oc(NC3CCN(Cc4cc(OC(C)C)cc(OC(C)C)c4)CC3)nc2c1. The monoisotopic (exact) mass is 495 g/mol. The van der Waals surface area contributed by atoms with Gasteiger partial charge in [-0.05, 0) is 75.9 Å². The smallest absolute Gasteiger partial charge is 0.309 e. The highest BCUT2D eigenvalue weighted by molar-refractivity contribution is 5.78. The fourth-order valence-electron chi connectivity index (χ4n) is 4.45. The van der Waals surface area contributed by atoms with Crippen LogP contribution in [0.1, 0.15) is 51.7 Å². The van der Waals surface area contributed by atoms with Gasteiger partial charge >= 0.3 is 5.97 Å². The van der Waals surface area contributed by atoms with Gasteiger partial charge in [-0.1, -0.05) is 6.07 Å². The Labute approximate surface area is 212 Å². The number of fused-ring (bicyclic) bond motifs is 1. The van der Waals surface area contributed by atoms with E-state index in [1.807, 2.05) is 52.0 Å². The van der Waals surface area contributed by atoms with Gasteiger partial charge in [-0.15, -0.1) is 0 Å². The van der Waals surface area contributed by atoms with Gasteiger partial charge in [-0.3, -0.25) is 9.69 Å². The summed E-state index contributed by atoms with van der Waals surface area (Å²) in [5, 5.41) is 3.45. The molecule has 1 saturated heterocycles. The van der Waals surface area contributed by atoms with Crippen molar-refractivity contribution in [2.24, 2.45) is 0 Å². The Morgan fingerprint density at radius 2 is 1.69 bits per heavy atom. The third-order valence-corrected chi connectivity index (χ3v) is 6.03. The molecular formula is C28H37N3O5. The molecule has 0 saturated carbocycles. The normalized spacial score (nSPS) is 15.0. The molecule has 1 aromatic heterocycles. The van der Waals surface area contributed by atoms with Gasteiger partial charge < -0.3 is 23.9 Å². The van der Waals surface area contributed by atoms with Gasteiger partial charge in [0, 0.05) is 31.7 Å². The second-order valence-corrected chi connectivity index (χ2v) is 9.91. The molecule has 8 heteroatoms. The number of esters is 1. The van der Waals surface area contributed by atoms with E-state index in [-0.39, 0.29) is 24.6 Å². The van der Waals surface area contributed by atoms with Gasteiger partial charge in [0.25, 0.3) is 6.01 Å². The van der Waals surface area contributed by atoms with E-state index in [2.05, 4.69) is 27.3 Å². The molecule has 1 N–H and O–H groups in total. The molecule has 1 aliphatic heterocycles. The summed E-state index contributed by atoms with van der Waals surface area (Å²) >= 11 is 0. The summed E-state index contributed by atoms with van der Waals surface area (Å²) in [6, 6.07) is 12.6. The largest absolute Gasteiger partial charge is 0.491 e. The molecule has 1 aliphatic rings. The number of rotatable bonds is 10. The predicted octanol–water partition coefficient (Wildman–Crippen LogP) is 5.19. The van der Waals surface area contributed by atoms with Gasteiger partial charge in [0.1, 0.15) is 17.0 Å². The molecule has 3 aromatic rings. The summed E-state index contributed by atoms with van der Waals surface area (Å²) in [5.74, 6) is 1.42. The van der Waals surface area contributed by atoms with Crippen LogP contribution < -0.4 is 14.8 Å². The number of hydrogen-bond donors (Lipinski definition) is 1. The number of likely N-dealkylation sites (tertiary alicyclic amines) is 1. The van der Waals surface area contributed by atoms with Gasteiger partial charge in [-0.2, -0.15) is 4.98 Å². The van der Waals surface area contributed by atoms with E-state index in [0.717, 1.165) is 55.1 Å². The van der Waals surface area contributed by atoms with E-state index >= 15 is 0 Å². The number of carbonyl (C=O) groups excluding carboxylic acids is 1. The number of piperidine rings is 1. The van der Waals surface area contributed by atoms with Gasteiger partial charge in [0.2, 0.25) is 0 Å². The van der Waals surface area contributed by atoms with E-state index in [4.69, 9.17) is 18.6 Å². The van der Waals surface area contributed by atoms with Crippen molar-refractivity contribution in [3.63, 3.8) is 0 Å². The lowest BCUT2D eigenvalue weighted by Crippen LogP contribution is -2.38. The van der Waals surface area contributed by atoms with E-state index in [0.29, 0.717) is 17.6 Å². The molecule has 0 unspecified atom stereocenters. The fourth-order valence-corrected chi connectivity index (χ4v) is 4.45. The Balaban J connectivity index is 1.34. The average molecular weight is 496 g/mol. The molecule has 1 fully saturated rings. The summed E-state index contributed by atoms with van der Waals surface area (Å²) in [4.78, 5) is 18.6. The van der Waals surface area contributed by atoms with Crippen LogP contribution in [0.5, 0.6) is 11.5 Å². The topological polar surface area (TPSA) is 86.1 Å². The van der Waals surface area contributed by atoms with Crippen LogP contribution in [0.25, 0.3) is 11.1 Å². The Hall–Kier alpha value is -3.26. The molecule has 0 amide bonds. The molecule has 0 atom stereocenters. The third-order valence-electron chi connectivity index (χ3n) is 6.03. The van der Waals surface area contributed by atoms with Gasteiger partial charge in [0.15, 0.2) is 5.58 Å². The standard InChI is InChI=1S/C28H37N3O5/c1-18(2)34-23-12-21(13-24(16-23)35-19(3)4)17-31-10-8-22(9-11-31)29-28-30-25-14-20(15-27(32)33-5)6-7-26(25)36-28/h6-7,12-14,16,18-19,22H,8-11,15,17H2,1-5H3,(H,29,30). The quantitative estimate of drug-likeness (QED) is 0.385. The first-order chi connectivity index (χ1) is 17.3. The Morgan fingerprint density at radius 1 is 1.03 bits per heavy atom. The van der Waals surface area contributed by atoms with Crippen LogP contribution in [0.15, 0.2) is 40.8 Å². The number of nitrogens with zero attached hydrogens (tertiary/aromatic N) is 2. The van der Waals surface area contributed by atoms with Crippen molar-refractivity contribution in [1.29, 1.82) is 0 Å². The Morgan fingerprint density at radius 3 is 2.31 bits per heavy atom. The minimum Gasteiger partial charge on any atom is -0.491 e. The second kappa shape index (κ2) is 11.6. The molecule has 0 radical (unpaired) electrons. The van der Waals surface area contributed by atoms with Crippen LogP contribution in [0.4, 0.5) is 6.01 Å². The lowest BCUT2D eigenvalue weighted by molar-refractivity contribution is -0.139. The maximum Gasteiger partial charge on any atom is 0.309 e. The van der Waals surface area contributed by atoms with Crippen LogP contribution in [0.3, 0.4) is 0 Å². The van der Waals surface area contributed by atoms with E-state index in [1.165, 1.54) is 12.7 Å². The highest BCUT2D eigenvalue weighted by Gasteiger charge is 2.21. The first-order valence-electron chi connectivity index (χ1n) is 12.7. The molecule has 0 spiro atoms. The highest BCUT2D eigenvalue weighted by Crippen LogP contribution is 2.27. The molecule has 8 nitrogen and oxygen atoms in total. The van der Waals surface area contributed by atoms with E-state index in [9.17, 15) is 4.79 Å². The van der Waals surface area contributed by atoms with Crippen molar-refractivity contribution in [3.05, 3.63) is 47.5 Å². The first-order valence-corrected chi connectivity index (χ1v) is 12.7. The van der Waals surface area contributed by atoms with E-state index < -0.39 is 0 Å². The number of aromatic nitrogens is 1. The van der Waals surface area contributed by atoms with Crippen molar-refractivity contribution in [2.45, 2.75) is 71.8 Å². The maximum absolute atomic E-state index is 11.5. The zero-order chi connectivity index (χ0) is 25.7. The van der Waals surface area contributed by atoms with Crippen molar-refractivity contribution >= 4 is 23.1 Å². The van der Waals surface area contributed by atoms with Crippen LogP contribution in [0.2, 0.25) is 0 Å². The van der Waals surface area contributed by atoms with Crippen LogP contribution in [-0.4, -0.2) is 54.3 Å². The summed E-state index contributed by atoms with van der Waals surface area (Å²) in [7, 11) is 1.39. The van der Waals surface area contributed by atoms with Crippen LogP contribution in [-0.2, 0) is 22.5 Å². The molecular weight excluding hydrogens is 458 g/mol. The molecule has 36 heavy (non-hydrogen) atoms. The van der Waals surface area contributed by atoms with Crippen LogP contribution in [0, 0.1) is 0 Å². The first kappa shape index (κ1) is 25.8. The number of nitrogens with one attached hydrogen (secondary N) is 1. The minimum atomic E-state index is -0.272. The molecule has 0 bridgehead atoms. The lowest BCUT2D eigenvalue weighted by Gasteiger charge is -2.32. The Kier molecular flexibility index (Phi) is 8.36. The second-order valence-electron chi connectivity index (χ2n) is 9.91. The number of oxazole rings is 1. The van der Waals surface area contributed by atoms with Crippen LogP contribution >= 0.6 is 0 Å². The summed E-state index contributed by atoms with van der Waals surface area (Å²) < 4.78 is 22.6. The predicted molar refractivity (Wildman–Crippen MR) is 140 cm³/mol. The van der Waals surface area contributed by atoms with Gasteiger partial charge in [0.05, 0.1) is 25.7 Å². The highest BCUT2D eigenvalue weighted by atomic mass is 16.5. The lowest BCUT2D eigenvalue weighted by atomic mass is 10.0. The number of hydrogen-bond acceptors (Lipinski definition) is 8. The fraction of sp³-hybridized carbons (Fsp3) is 0.500. The van der Waals surface area contributed by atoms with E-state index in [1.54, 1.807) is 0 Å². The average Bonchev–Trinajstić information content (AvgIpc) is 3.20. The minimum absolute atomic E-state index is 0.111. The third kappa shape index (κ3) is 7.13. The van der Waals surface area contributed by atoms with Crippen molar-refractivity contribution < 1.29 is 23.4 Å². The molecule has 2 aromatic carbocycles. The van der Waals surface area contributed by atoms with Crippen molar-refractivity contribution in [1.82, 2.24) is 9.88 Å². The zero-order valence-corrected chi connectivity index (χ0v) is 21.9. The summed E-state index contributed by atoms with van der Waals surface area (Å²) in [5.41, 5.74) is 3.48. The number of carbonyl (C=O) groups is 1. The van der Waals surface area contributed by atoms with Crippen molar-refractivity contribution in [3.8, 4) is 11.5 Å². The molecule has 4 rings (SSSR count). The number of methoxy groups -OCH3 is 1. The summed E-state index contributed by atoms with van der Waals surface area (Å²) in [6.07, 6.45) is 2.42. The molecule has 2 heterocycles. The summed E-state index contributed by atoms with van der Waals surface area (Å²) in [6.45, 7) is 10.9. The number of anilines is 1. The molecule has 0 aliphatic carbocycles. The maximum atomic E-state index is 11.5.